The van der Waals surface area contributed by atoms with Gasteiger partial charge in [-0.2, -0.15) is 0 Å². The molecule has 0 aromatic rings. The van der Waals surface area contributed by atoms with Gasteiger partial charge in [-0.15, -0.1) is 0 Å². The van der Waals surface area contributed by atoms with Crippen LogP contribution in [0, 0.1) is 0 Å². The molecule has 1 aliphatic heterocycles. The number of hydrogen-bond donors (Lipinski definition) is 2. The van der Waals surface area contributed by atoms with Gasteiger partial charge in [0.15, 0.2) is 6.29 Å². The molecule has 106 valence electrons. The van der Waals surface area contributed by atoms with Crippen LogP contribution in [0.15, 0.2) is 11.6 Å². The predicted octanol–water partition coefficient (Wildman–Crippen LogP) is 2.00. The van der Waals surface area contributed by atoms with Gasteiger partial charge in [-0.25, -0.2) is 0 Å². The van der Waals surface area contributed by atoms with Crippen molar-refractivity contribution in [3.8, 4) is 0 Å². The molecule has 0 aromatic carbocycles. The van der Waals surface area contributed by atoms with Gasteiger partial charge in [0.1, 0.15) is 0 Å². The van der Waals surface area contributed by atoms with Crippen LogP contribution in [0.4, 0.5) is 0 Å². The second-order valence-corrected chi connectivity index (χ2v) is 5.26. The largest absolute Gasteiger partial charge is 0.392 e. The van der Waals surface area contributed by atoms with Crippen LogP contribution in [0.1, 0.15) is 46.0 Å². The molecule has 1 atom stereocenters. The molecular weight excluding hydrogens is 232 g/mol. The third-order valence-corrected chi connectivity index (χ3v) is 3.14. The van der Waals surface area contributed by atoms with Crippen LogP contribution in [-0.4, -0.2) is 41.9 Å². The standard InChI is InChI=1S/C14H26O4/c1-14(2,16)12(11-15)7-3-5-9-17-13-8-4-6-10-18-13/h7,13,15-16H,3-6,8-11H2,1-2H3/b12-7+. The van der Waals surface area contributed by atoms with Crippen molar-refractivity contribution in [3.63, 3.8) is 0 Å². The molecule has 1 unspecified atom stereocenters. The molecule has 2 N–H and O–H groups in total. The molecule has 4 nitrogen and oxygen atoms in total. The van der Waals surface area contributed by atoms with Crippen molar-refractivity contribution in [2.75, 3.05) is 19.8 Å². The molecule has 1 saturated heterocycles. The van der Waals surface area contributed by atoms with E-state index in [1.807, 2.05) is 6.08 Å². The zero-order chi connectivity index (χ0) is 13.4. The molecule has 1 aliphatic rings. The summed E-state index contributed by atoms with van der Waals surface area (Å²) in [6, 6.07) is 0. The van der Waals surface area contributed by atoms with Gasteiger partial charge in [0.05, 0.1) is 18.8 Å². The molecule has 0 spiro atoms. The van der Waals surface area contributed by atoms with E-state index in [2.05, 4.69) is 0 Å². The van der Waals surface area contributed by atoms with Gasteiger partial charge in [0.25, 0.3) is 0 Å². The molecule has 4 heteroatoms. The van der Waals surface area contributed by atoms with E-state index in [9.17, 15) is 5.11 Å². The molecule has 0 aromatic heterocycles. The Bertz CT molecular complexity index is 249. The molecule has 1 heterocycles. The van der Waals surface area contributed by atoms with Gasteiger partial charge in [0, 0.05) is 6.61 Å². The van der Waals surface area contributed by atoms with Crippen molar-refractivity contribution >= 4 is 0 Å². The summed E-state index contributed by atoms with van der Waals surface area (Å²) < 4.78 is 11.1. The maximum absolute atomic E-state index is 9.76. The highest BCUT2D eigenvalue weighted by Gasteiger charge is 2.17. The quantitative estimate of drug-likeness (QED) is 0.541. The predicted molar refractivity (Wildman–Crippen MR) is 70.2 cm³/mol. The summed E-state index contributed by atoms with van der Waals surface area (Å²) in [7, 11) is 0. The van der Waals surface area contributed by atoms with E-state index >= 15 is 0 Å². The van der Waals surface area contributed by atoms with E-state index < -0.39 is 5.60 Å². The first kappa shape index (κ1) is 15.6. The Hall–Kier alpha value is -0.420. The van der Waals surface area contributed by atoms with Crippen molar-refractivity contribution < 1.29 is 19.7 Å². The number of rotatable bonds is 7. The highest BCUT2D eigenvalue weighted by atomic mass is 16.7. The van der Waals surface area contributed by atoms with Crippen LogP contribution in [0.25, 0.3) is 0 Å². The lowest BCUT2D eigenvalue weighted by molar-refractivity contribution is -0.162. The third-order valence-electron chi connectivity index (χ3n) is 3.14. The van der Waals surface area contributed by atoms with Gasteiger partial charge in [0.2, 0.25) is 0 Å². The lowest BCUT2D eigenvalue weighted by Crippen LogP contribution is -2.24. The fourth-order valence-electron chi connectivity index (χ4n) is 1.92. The Morgan fingerprint density at radius 2 is 2.22 bits per heavy atom. The molecule has 0 aliphatic carbocycles. The van der Waals surface area contributed by atoms with Crippen LogP contribution in [0.3, 0.4) is 0 Å². The minimum atomic E-state index is -0.942. The highest BCUT2D eigenvalue weighted by molar-refractivity contribution is 5.13. The van der Waals surface area contributed by atoms with E-state index in [-0.39, 0.29) is 12.9 Å². The highest BCUT2D eigenvalue weighted by Crippen LogP contribution is 2.17. The maximum atomic E-state index is 9.76. The summed E-state index contributed by atoms with van der Waals surface area (Å²) >= 11 is 0. The number of allylic oxidation sites excluding steroid dienone is 1. The van der Waals surface area contributed by atoms with Crippen LogP contribution in [0.2, 0.25) is 0 Å². The Morgan fingerprint density at radius 1 is 1.44 bits per heavy atom. The van der Waals surface area contributed by atoms with Crippen molar-refractivity contribution in [2.24, 2.45) is 0 Å². The lowest BCUT2D eigenvalue weighted by Gasteiger charge is -2.22. The normalized spacial score (nSPS) is 22.2. The summed E-state index contributed by atoms with van der Waals surface area (Å²) in [4.78, 5) is 0. The van der Waals surface area contributed by atoms with Gasteiger partial charge in [-0.05, 0) is 51.5 Å². The summed E-state index contributed by atoms with van der Waals surface area (Å²) in [5.74, 6) is 0. The van der Waals surface area contributed by atoms with Crippen molar-refractivity contribution in [3.05, 3.63) is 11.6 Å². The molecule has 1 rings (SSSR count). The average molecular weight is 258 g/mol. The van der Waals surface area contributed by atoms with Gasteiger partial charge < -0.3 is 19.7 Å². The summed E-state index contributed by atoms with van der Waals surface area (Å²) in [6.07, 6.45) is 6.83. The van der Waals surface area contributed by atoms with Gasteiger partial charge >= 0.3 is 0 Å². The van der Waals surface area contributed by atoms with Crippen LogP contribution < -0.4 is 0 Å². The minimum absolute atomic E-state index is 0.0330. The summed E-state index contributed by atoms with van der Waals surface area (Å²) in [5.41, 5.74) is -0.279. The fourth-order valence-corrected chi connectivity index (χ4v) is 1.92. The van der Waals surface area contributed by atoms with Gasteiger partial charge in [-0.3, -0.25) is 0 Å². The second kappa shape index (κ2) is 7.89. The summed E-state index contributed by atoms with van der Waals surface area (Å²) in [5, 5.41) is 18.9. The van der Waals surface area contributed by atoms with E-state index in [1.165, 1.54) is 6.42 Å². The Labute approximate surface area is 110 Å². The maximum Gasteiger partial charge on any atom is 0.157 e. The van der Waals surface area contributed by atoms with E-state index in [0.29, 0.717) is 12.2 Å². The Kier molecular flexibility index (Phi) is 6.86. The average Bonchev–Trinajstić information content (AvgIpc) is 2.33. The SMILES string of the molecule is CC(C)(O)/C(=C/CCCOC1CCCCO1)CO. The summed E-state index contributed by atoms with van der Waals surface area (Å²) in [6.45, 7) is 4.72. The molecule has 0 amide bonds. The van der Waals surface area contributed by atoms with Crippen molar-refractivity contribution in [1.82, 2.24) is 0 Å². The van der Waals surface area contributed by atoms with E-state index in [1.54, 1.807) is 13.8 Å². The minimum Gasteiger partial charge on any atom is -0.392 e. The van der Waals surface area contributed by atoms with Crippen molar-refractivity contribution in [2.45, 2.75) is 57.8 Å². The van der Waals surface area contributed by atoms with E-state index in [4.69, 9.17) is 14.6 Å². The first-order valence-electron chi connectivity index (χ1n) is 6.80. The zero-order valence-electron chi connectivity index (χ0n) is 11.5. The van der Waals surface area contributed by atoms with Crippen LogP contribution in [0.5, 0.6) is 0 Å². The van der Waals surface area contributed by atoms with E-state index in [0.717, 1.165) is 32.3 Å². The zero-order valence-corrected chi connectivity index (χ0v) is 11.5. The number of aliphatic hydroxyl groups is 2. The Morgan fingerprint density at radius 3 is 2.78 bits per heavy atom. The number of ether oxygens (including phenoxy) is 2. The van der Waals surface area contributed by atoms with Gasteiger partial charge in [-0.1, -0.05) is 6.08 Å². The third kappa shape index (κ3) is 5.96. The molecule has 0 radical (unpaired) electrons. The lowest BCUT2D eigenvalue weighted by atomic mass is 9.97. The number of unbranched alkanes of at least 4 members (excludes halogenated alkanes) is 1. The fraction of sp³-hybridized carbons (Fsp3) is 0.857. The number of aliphatic hydroxyl groups excluding tert-OH is 1. The molecule has 0 saturated carbocycles. The topological polar surface area (TPSA) is 58.9 Å². The molecule has 0 bridgehead atoms. The van der Waals surface area contributed by atoms with Crippen molar-refractivity contribution in [1.29, 1.82) is 0 Å². The number of hydrogen-bond acceptors (Lipinski definition) is 4. The van der Waals surface area contributed by atoms with Crippen LogP contribution >= 0.6 is 0 Å². The first-order chi connectivity index (χ1) is 8.54. The molecule has 1 fully saturated rings. The second-order valence-electron chi connectivity index (χ2n) is 5.26. The van der Waals surface area contributed by atoms with Crippen LogP contribution in [-0.2, 0) is 9.47 Å². The Balaban J connectivity index is 2.15. The smallest absolute Gasteiger partial charge is 0.157 e. The molecule has 18 heavy (non-hydrogen) atoms. The monoisotopic (exact) mass is 258 g/mol. The molecular formula is C14H26O4. The first-order valence-corrected chi connectivity index (χ1v) is 6.80.